The topological polar surface area (TPSA) is 0 Å². The van der Waals surface area contributed by atoms with Gasteiger partial charge in [-0.15, -0.1) is 0 Å². The second kappa shape index (κ2) is 4.78. The molecule has 0 unspecified atom stereocenters. The predicted octanol–water partition coefficient (Wildman–Crippen LogP) is 3.72. The molecule has 0 N–H and O–H groups in total. The molecule has 0 saturated heterocycles. The van der Waals surface area contributed by atoms with Crippen LogP contribution in [0.4, 0.5) is 0 Å². The highest BCUT2D eigenvalue weighted by atomic mass is 35.5. The number of hydrogen-bond acceptors (Lipinski definition) is 1. The average Bonchev–Trinajstić information content (AvgIpc) is 2.05. The molecular formula is C10H13ClS. The highest BCUT2D eigenvalue weighted by Gasteiger charge is 2.00. The van der Waals surface area contributed by atoms with Crippen molar-refractivity contribution in [1.29, 1.82) is 0 Å². The summed E-state index contributed by atoms with van der Waals surface area (Å²) in [6.45, 7) is 2.17. The molecule has 1 aromatic rings. The van der Waals surface area contributed by atoms with Crippen LogP contribution >= 0.6 is 24.2 Å². The Kier molecular flexibility index (Phi) is 3.96. The maximum Gasteiger partial charge on any atom is 0.0408 e. The first-order chi connectivity index (χ1) is 5.77. The van der Waals surface area contributed by atoms with Crippen molar-refractivity contribution >= 4 is 24.2 Å². The highest BCUT2D eigenvalue weighted by Crippen LogP contribution is 2.18. The van der Waals surface area contributed by atoms with Gasteiger partial charge < -0.3 is 0 Å². The minimum Gasteiger partial charge on any atom is -0.175 e. The van der Waals surface area contributed by atoms with Crippen LogP contribution < -0.4 is 0 Å². The van der Waals surface area contributed by atoms with Crippen LogP contribution in [0.15, 0.2) is 18.2 Å². The Morgan fingerprint density at radius 2 is 2.08 bits per heavy atom. The Hall–Kier alpha value is -0.140. The number of hydrogen-bond donors (Lipinski definition) is 1. The summed E-state index contributed by atoms with van der Waals surface area (Å²) < 4.78 is 0. The Bertz CT molecular complexity index is 258. The van der Waals surface area contributed by atoms with Crippen molar-refractivity contribution in [3.8, 4) is 0 Å². The normalized spacial score (nSPS) is 10.2. The molecule has 0 spiro atoms. The van der Waals surface area contributed by atoms with E-state index in [-0.39, 0.29) is 0 Å². The van der Waals surface area contributed by atoms with E-state index in [1.165, 1.54) is 11.1 Å². The Labute approximate surface area is 84.3 Å². The lowest BCUT2D eigenvalue weighted by molar-refractivity contribution is 0.911. The Morgan fingerprint density at radius 1 is 1.33 bits per heavy atom. The van der Waals surface area contributed by atoms with Crippen molar-refractivity contribution in [3.63, 3.8) is 0 Å². The molecular weight excluding hydrogens is 188 g/mol. The van der Waals surface area contributed by atoms with Gasteiger partial charge in [-0.2, -0.15) is 12.6 Å². The largest absolute Gasteiger partial charge is 0.175 e. The molecule has 1 rings (SSSR count). The van der Waals surface area contributed by atoms with Crippen molar-refractivity contribution in [2.45, 2.75) is 25.5 Å². The number of halogens is 1. The van der Waals surface area contributed by atoms with Gasteiger partial charge >= 0.3 is 0 Å². The molecule has 0 radical (unpaired) electrons. The molecule has 0 aliphatic rings. The molecule has 66 valence electrons. The Morgan fingerprint density at radius 3 is 2.67 bits per heavy atom. The predicted molar refractivity (Wildman–Crippen MR) is 58.1 cm³/mol. The van der Waals surface area contributed by atoms with Crippen molar-refractivity contribution in [2.75, 3.05) is 0 Å². The quantitative estimate of drug-likeness (QED) is 0.707. The van der Waals surface area contributed by atoms with Gasteiger partial charge in [0.05, 0.1) is 0 Å². The number of benzene rings is 1. The van der Waals surface area contributed by atoms with E-state index in [1.54, 1.807) is 0 Å². The molecule has 1 aromatic carbocycles. The maximum atomic E-state index is 5.88. The number of thiol groups is 1. The SMILES string of the molecule is CCCc1cc(Cl)ccc1CS. The van der Waals surface area contributed by atoms with Crippen LogP contribution in [-0.4, -0.2) is 0 Å². The molecule has 0 saturated carbocycles. The molecule has 0 aromatic heterocycles. The van der Waals surface area contributed by atoms with Crippen LogP contribution in [-0.2, 0) is 12.2 Å². The number of aryl methyl sites for hydroxylation is 1. The summed E-state index contributed by atoms with van der Waals surface area (Å²) in [4.78, 5) is 0. The van der Waals surface area contributed by atoms with Crippen LogP contribution in [0.3, 0.4) is 0 Å². The Balaban J connectivity index is 2.95. The summed E-state index contributed by atoms with van der Waals surface area (Å²) in [5.41, 5.74) is 2.63. The second-order valence-corrected chi connectivity index (χ2v) is 3.57. The van der Waals surface area contributed by atoms with Crippen LogP contribution in [0, 0.1) is 0 Å². The molecule has 0 aliphatic heterocycles. The standard InChI is InChI=1S/C10H13ClS/c1-2-3-8-6-10(11)5-4-9(8)7-12/h4-6,12H,2-3,7H2,1H3. The lowest BCUT2D eigenvalue weighted by atomic mass is 10.0. The van der Waals surface area contributed by atoms with E-state index in [1.807, 2.05) is 12.1 Å². The van der Waals surface area contributed by atoms with Gasteiger partial charge in [-0.25, -0.2) is 0 Å². The minimum atomic E-state index is 0.798. The summed E-state index contributed by atoms with van der Waals surface area (Å²) in [6, 6.07) is 6.02. The first-order valence-electron chi connectivity index (χ1n) is 4.16. The third kappa shape index (κ3) is 2.43. The smallest absolute Gasteiger partial charge is 0.0408 e. The van der Waals surface area contributed by atoms with Crippen molar-refractivity contribution < 1.29 is 0 Å². The zero-order valence-corrected chi connectivity index (χ0v) is 8.83. The van der Waals surface area contributed by atoms with Crippen LogP contribution in [0.25, 0.3) is 0 Å². The molecule has 0 fully saturated rings. The van der Waals surface area contributed by atoms with Gasteiger partial charge in [0.25, 0.3) is 0 Å². The van der Waals surface area contributed by atoms with Gasteiger partial charge in [0.2, 0.25) is 0 Å². The summed E-state index contributed by atoms with van der Waals surface area (Å²) in [5.74, 6) is 0.798. The van der Waals surface area contributed by atoms with E-state index in [4.69, 9.17) is 11.6 Å². The highest BCUT2D eigenvalue weighted by molar-refractivity contribution is 7.79. The fourth-order valence-electron chi connectivity index (χ4n) is 1.25. The molecule has 0 nitrogen and oxygen atoms in total. The van der Waals surface area contributed by atoms with Gasteiger partial charge in [-0.05, 0) is 29.7 Å². The van der Waals surface area contributed by atoms with Gasteiger partial charge in [0.15, 0.2) is 0 Å². The van der Waals surface area contributed by atoms with Crippen molar-refractivity contribution in [3.05, 3.63) is 34.3 Å². The molecule has 2 heteroatoms. The van der Waals surface area contributed by atoms with Crippen molar-refractivity contribution in [2.24, 2.45) is 0 Å². The number of rotatable bonds is 3. The molecule has 0 aliphatic carbocycles. The molecule has 12 heavy (non-hydrogen) atoms. The monoisotopic (exact) mass is 200 g/mol. The van der Waals surface area contributed by atoms with Gasteiger partial charge in [-0.1, -0.05) is 31.0 Å². The zero-order chi connectivity index (χ0) is 8.97. The van der Waals surface area contributed by atoms with Crippen LogP contribution in [0.5, 0.6) is 0 Å². The average molecular weight is 201 g/mol. The minimum absolute atomic E-state index is 0.798. The summed E-state index contributed by atoms with van der Waals surface area (Å²) in [7, 11) is 0. The lowest BCUT2D eigenvalue weighted by Crippen LogP contribution is -1.90. The third-order valence-corrected chi connectivity index (χ3v) is 2.43. The summed E-state index contributed by atoms with van der Waals surface area (Å²) in [6.07, 6.45) is 2.25. The first kappa shape index (κ1) is 9.94. The molecule has 0 bridgehead atoms. The fourth-order valence-corrected chi connectivity index (χ4v) is 1.75. The third-order valence-electron chi connectivity index (χ3n) is 1.86. The van der Waals surface area contributed by atoms with Gasteiger partial charge in [-0.3, -0.25) is 0 Å². The first-order valence-corrected chi connectivity index (χ1v) is 5.17. The molecule has 0 atom stereocenters. The second-order valence-electron chi connectivity index (χ2n) is 2.82. The lowest BCUT2D eigenvalue weighted by Gasteiger charge is -2.05. The van der Waals surface area contributed by atoms with E-state index in [0.29, 0.717) is 0 Å². The zero-order valence-electron chi connectivity index (χ0n) is 7.18. The molecule has 0 amide bonds. The fraction of sp³-hybridized carbons (Fsp3) is 0.400. The van der Waals surface area contributed by atoms with E-state index in [0.717, 1.165) is 23.6 Å². The summed E-state index contributed by atoms with van der Waals surface area (Å²) in [5, 5.41) is 0.823. The van der Waals surface area contributed by atoms with E-state index in [2.05, 4.69) is 25.6 Å². The van der Waals surface area contributed by atoms with E-state index >= 15 is 0 Å². The van der Waals surface area contributed by atoms with Crippen LogP contribution in [0.2, 0.25) is 5.02 Å². The van der Waals surface area contributed by atoms with E-state index < -0.39 is 0 Å². The van der Waals surface area contributed by atoms with Crippen LogP contribution in [0.1, 0.15) is 24.5 Å². The molecule has 0 heterocycles. The van der Waals surface area contributed by atoms with Gasteiger partial charge in [0.1, 0.15) is 0 Å². The summed E-state index contributed by atoms with van der Waals surface area (Å²) >= 11 is 10.1. The maximum absolute atomic E-state index is 5.88. The van der Waals surface area contributed by atoms with Gasteiger partial charge in [0, 0.05) is 10.8 Å². The van der Waals surface area contributed by atoms with Crippen molar-refractivity contribution in [1.82, 2.24) is 0 Å². The van der Waals surface area contributed by atoms with E-state index in [9.17, 15) is 0 Å².